The van der Waals surface area contributed by atoms with Gasteiger partial charge >= 0.3 is 5.97 Å². The van der Waals surface area contributed by atoms with Gasteiger partial charge in [-0.05, 0) is 39.8 Å². The minimum atomic E-state index is -0.992. The second-order valence-corrected chi connectivity index (χ2v) is 5.44. The summed E-state index contributed by atoms with van der Waals surface area (Å²) in [6, 6.07) is 2.48. The lowest BCUT2D eigenvalue weighted by molar-refractivity contribution is 0.0527. The molecule has 0 aromatic heterocycles. The molecule has 3 N–H and O–H groups in total. The van der Waals surface area contributed by atoms with Gasteiger partial charge in [-0.2, -0.15) is 0 Å². The van der Waals surface area contributed by atoms with Crippen molar-refractivity contribution in [2.45, 2.75) is 33.3 Å². The number of carbonyl (C=O) groups excluding carboxylic acids is 1. The number of benzene rings is 1. The van der Waals surface area contributed by atoms with Gasteiger partial charge in [0.05, 0.1) is 23.5 Å². The minimum Gasteiger partial charge on any atom is -0.462 e. The molecule has 5 nitrogen and oxygen atoms in total. The molecule has 21 heavy (non-hydrogen) atoms. The molecule has 0 aliphatic rings. The SMILES string of the molecule is CCOC(=O)c1cc(N(CC)CC(C)(C)O)c(F)cc1N. The smallest absolute Gasteiger partial charge is 0.340 e. The summed E-state index contributed by atoms with van der Waals surface area (Å²) in [6.45, 7) is 7.72. The monoisotopic (exact) mass is 298 g/mol. The number of halogens is 1. The number of ether oxygens (including phenoxy) is 1. The van der Waals surface area contributed by atoms with Gasteiger partial charge in [-0.1, -0.05) is 0 Å². The zero-order chi connectivity index (χ0) is 16.2. The number of anilines is 2. The summed E-state index contributed by atoms with van der Waals surface area (Å²) in [5, 5.41) is 9.91. The molecular weight excluding hydrogens is 275 g/mol. The first-order chi connectivity index (χ1) is 9.69. The van der Waals surface area contributed by atoms with E-state index in [9.17, 15) is 14.3 Å². The van der Waals surface area contributed by atoms with Gasteiger partial charge in [0, 0.05) is 18.8 Å². The van der Waals surface area contributed by atoms with Gasteiger partial charge in [0.2, 0.25) is 0 Å². The van der Waals surface area contributed by atoms with E-state index in [-0.39, 0.29) is 30.1 Å². The van der Waals surface area contributed by atoms with Gasteiger partial charge in [-0.3, -0.25) is 0 Å². The topological polar surface area (TPSA) is 75.8 Å². The number of rotatable bonds is 6. The molecule has 0 saturated heterocycles. The Morgan fingerprint density at radius 1 is 1.43 bits per heavy atom. The number of aliphatic hydroxyl groups is 1. The van der Waals surface area contributed by atoms with Gasteiger partial charge in [0.15, 0.2) is 0 Å². The number of nitrogens with zero attached hydrogens (tertiary/aromatic N) is 1. The Morgan fingerprint density at radius 3 is 2.52 bits per heavy atom. The Morgan fingerprint density at radius 2 is 2.05 bits per heavy atom. The Hall–Kier alpha value is -1.82. The maximum absolute atomic E-state index is 14.1. The number of hydrogen-bond donors (Lipinski definition) is 2. The summed E-state index contributed by atoms with van der Waals surface area (Å²) in [5.41, 5.74) is 5.07. The molecule has 0 heterocycles. The molecule has 0 amide bonds. The van der Waals surface area contributed by atoms with Crippen molar-refractivity contribution in [3.8, 4) is 0 Å². The van der Waals surface area contributed by atoms with Crippen LogP contribution in [0.25, 0.3) is 0 Å². The third kappa shape index (κ3) is 4.60. The number of likely N-dealkylation sites (N-methyl/N-ethyl adjacent to an activating group) is 1. The van der Waals surface area contributed by atoms with Crippen LogP contribution in [0, 0.1) is 5.82 Å². The largest absolute Gasteiger partial charge is 0.462 e. The Balaban J connectivity index is 3.22. The molecule has 118 valence electrons. The number of esters is 1. The lowest BCUT2D eigenvalue weighted by Gasteiger charge is -2.30. The molecule has 0 aliphatic heterocycles. The summed E-state index contributed by atoms with van der Waals surface area (Å²) in [7, 11) is 0. The lowest BCUT2D eigenvalue weighted by Crippen LogP contribution is -2.39. The summed E-state index contributed by atoms with van der Waals surface area (Å²) in [6.07, 6.45) is 0. The predicted octanol–water partition coefficient (Wildman–Crippen LogP) is 2.18. The van der Waals surface area contributed by atoms with Crippen molar-refractivity contribution in [3.63, 3.8) is 0 Å². The lowest BCUT2D eigenvalue weighted by atomic mass is 10.1. The van der Waals surface area contributed by atoms with Gasteiger partial charge < -0.3 is 20.5 Å². The second-order valence-electron chi connectivity index (χ2n) is 5.44. The van der Waals surface area contributed by atoms with E-state index in [4.69, 9.17) is 10.5 Å². The fraction of sp³-hybridized carbons (Fsp3) is 0.533. The van der Waals surface area contributed by atoms with E-state index in [1.54, 1.807) is 25.7 Å². The number of hydrogen-bond acceptors (Lipinski definition) is 5. The van der Waals surface area contributed by atoms with Crippen molar-refractivity contribution < 1.29 is 19.0 Å². The third-order valence-electron chi connectivity index (χ3n) is 2.91. The predicted molar refractivity (Wildman–Crippen MR) is 81.0 cm³/mol. The van der Waals surface area contributed by atoms with Crippen LogP contribution in [0.5, 0.6) is 0 Å². The fourth-order valence-corrected chi connectivity index (χ4v) is 2.04. The van der Waals surface area contributed by atoms with Crippen molar-refractivity contribution >= 4 is 17.3 Å². The molecule has 0 radical (unpaired) electrons. The normalized spacial score (nSPS) is 11.3. The van der Waals surface area contributed by atoms with E-state index in [0.29, 0.717) is 6.54 Å². The molecule has 0 saturated carbocycles. The van der Waals surface area contributed by atoms with Crippen LogP contribution in [0.15, 0.2) is 12.1 Å². The van der Waals surface area contributed by atoms with E-state index < -0.39 is 17.4 Å². The van der Waals surface area contributed by atoms with Gasteiger partial charge in [-0.25, -0.2) is 9.18 Å². The van der Waals surface area contributed by atoms with Crippen LogP contribution in [-0.4, -0.2) is 36.4 Å². The zero-order valence-electron chi connectivity index (χ0n) is 12.9. The highest BCUT2D eigenvalue weighted by Gasteiger charge is 2.22. The molecular formula is C15H23FN2O3. The molecule has 1 aromatic rings. The van der Waals surface area contributed by atoms with Crippen LogP contribution >= 0.6 is 0 Å². The Labute approximate surface area is 124 Å². The first-order valence-electron chi connectivity index (χ1n) is 6.93. The Kier molecular flexibility index (Phi) is 5.54. The highest BCUT2D eigenvalue weighted by molar-refractivity contribution is 5.96. The maximum atomic E-state index is 14.1. The van der Waals surface area contributed by atoms with E-state index >= 15 is 0 Å². The molecule has 0 bridgehead atoms. The molecule has 0 aliphatic carbocycles. The van der Waals surface area contributed by atoms with Crippen LogP contribution in [0.4, 0.5) is 15.8 Å². The zero-order valence-corrected chi connectivity index (χ0v) is 12.9. The number of carbonyl (C=O) groups is 1. The standard InChI is InChI=1S/C15H23FN2O3/c1-5-18(9-15(3,4)20)13-7-10(14(19)21-6-2)12(17)8-11(13)16/h7-8,20H,5-6,9,17H2,1-4H3. The summed E-state index contributed by atoms with van der Waals surface area (Å²) < 4.78 is 19.0. The molecule has 0 atom stereocenters. The number of nitrogen functional groups attached to an aromatic ring is 1. The first-order valence-corrected chi connectivity index (χ1v) is 6.93. The van der Waals surface area contributed by atoms with E-state index in [0.717, 1.165) is 6.07 Å². The van der Waals surface area contributed by atoms with E-state index in [1.165, 1.54) is 6.07 Å². The van der Waals surface area contributed by atoms with Crippen LogP contribution in [0.1, 0.15) is 38.1 Å². The first kappa shape index (κ1) is 17.2. The quantitative estimate of drug-likeness (QED) is 0.622. The van der Waals surface area contributed by atoms with Gasteiger partial charge in [-0.15, -0.1) is 0 Å². The molecule has 0 unspecified atom stereocenters. The minimum absolute atomic E-state index is 0.0361. The summed E-state index contributed by atoms with van der Waals surface area (Å²) >= 11 is 0. The van der Waals surface area contributed by atoms with Crippen molar-refractivity contribution in [3.05, 3.63) is 23.5 Å². The molecule has 0 fully saturated rings. The van der Waals surface area contributed by atoms with Crippen molar-refractivity contribution in [1.82, 2.24) is 0 Å². The van der Waals surface area contributed by atoms with Crippen molar-refractivity contribution in [2.24, 2.45) is 0 Å². The molecule has 1 rings (SSSR count). The summed E-state index contributed by atoms with van der Waals surface area (Å²) in [4.78, 5) is 13.5. The van der Waals surface area contributed by atoms with Crippen molar-refractivity contribution in [1.29, 1.82) is 0 Å². The summed E-state index contributed by atoms with van der Waals surface area (Å²) in [5.74, 6) is -1.12. The van der Waals surface area contributed by atoms with Crippen LogP contribution in [0.2, 0.25) is 0 Å². The molecule has 0 spiro atoms. The van der Waals surface area contributed by atoms with Crippen LogP contribution < -0.4 is 10.6 Å². The maximum Gasteiger partial charge on any atom is 0.340 e. The van der Waals surface area contributed by atoms with Crippen LogP contribution in [-0.2, 0) is 4.74 Å². The fourth-order valence-electron chi connectivity index (χ4n) is 2.04. The average molecular weight is 298 g/mol. The van der Waals surface area contributed by atoms with Crippen molar-refractivity contribution in [2.75, 3.05) is 30.3 Å². The highest BCUT2D eigenvalue weighted by Crippen LogP contribution is 2.27. The van der Waals surface area contributed by atoms with Gasteiger partial charge in [0.25, 0.3) is 0 Å². The number of nitrogens with two attached hydrogens (primary N) is 1. The Bertz CT molecular complexity index is 512. The second kappa shape index (κ2) is 6.76. The van der Waals surface area contributed by atoms with Crippen LogP contribution in [0.3, 0.4) is 0 Å². The van der Waals surface area contributed by atoms with Gasteiger partial charge in [0.1, 0.15) is 5.82 Å². The molecule has 6 heteroatoms. The van der Waals surface area contributed by atoms with E-state index in [1.807, 2.05) is 6.92 Å². The molecule has 1 aromatic carbocycles. The highest BCUT2D eigenvalue weighted by atomic mass is 19.1. The third-order valence-corrected chi connectivity index (χ3v) is 2.91. The average Bonchev–Trinajstić information content (AvgIpc) is 2.35. The van der Waals surface area contributed by atoms with E-state index in [2.05, 4.69) is 0 Å².